The van der Waals surface area contributed by atoms with Crippen LogP contribution in [0.4, 0.5) is 13.2 Å². The van der Waals surface area contributed by atoms with E-state index in [1.54, 1.807) is 0 Å². The fraction of sp³-hybridized carbons (Fsp3) is 0.818. The Balaban J connectivity index is 2.22. The van der Waals surface area contributed by atoms with Crippen LogP contribution < -0.4 is 5.73 Å². The van der Waals surface area contributed by atoms with E-state index in [1.165, 1.54) is 0 Å². The summed E-state index contributed by atoms with van der Waals surface area (Å²) in [5.41, 5.74) is 5.27. The van der Waals surface area contributed by atoms with E-state index in [2.05, 4.69) is 14.7 Å². The van der Waals surface area contributed by atoms with E-state index in [0.29, 0.717) is 18.8 Å². The molecular weight excluding hydrogens is 247 g/mol. The Hall–Kier alpha value is -1.11. The number of halogens is 3. The molecule has 2 atom stereocenters. The van der Waals surface area contributed by atoms with Gasteiger partial charge in [0.05, 0.1) is 5.54 Å². The van der Waals surface area contributed by atoms with Crippen molar-refractivity contribution in [3.05, 3.63) is 11.7 Å². The zero-order valence-electron chi connectivity index (χ0n) is 10.1. The second kappa shape index (κ2) is 4.53. The minimum Gasteiger partial charge on any atom is -0.329 e. The molecule has 0 bridgehead atoms. The first kappa shape index (κ1) is 13.3. The molecule has 1 aromatic heterocycles. The van der Waals surface area contributed by atoms with Crippen LogP contribution in [0.3, 0.4) is 0 Å². The number of hydrogen-bond acceptors (Lipinski definition) is 4. The molecule has 18 heavy (non-hydrogen) atoms. The van der Waals surface area contributed by atoms with Crippen LogP contribution in [0.5, 0.6) is 0 Å². The summed E-state index contributed by atoms with van der Waals surface area (Å²) >= 11 is 0. The first-order valence-corrected chi connectivity index (χ1v) is 6.05. The summed E-state index contributed by atoms with van der Waals surface area (Å²) in [6, 6.07) is 0. The Bertz CT molecular complexity index is 418. The van der Waals surface area contributed by atoms with Crippen molar-refractivity contribution in [1.29, 1.82) is 0 Å². The summed E-state index contributed by atoms with van der Waals surface area (Å²) in [6.45, 7) is 2.05. The highest BCUT2D eigenvalue weighted by Crippen LogP contribution is 2.39. The lowest BCUT2D eigenvalue weighted by atomic mass is 9.75. The van der Waals surface area contributed by atoms with E-state index >= 15 is 0 Å². The lowest BCUT2D eigenvalue weighted by Gasteiger charge is -2.35. The van der Waals surface area contributed by atoms with E-state index in [4.69, 9.17) is 5.73 Å². The normalized spacial score (nSPS) is 29.5. The van der Waals surface area contributed by atoms with Gasteiger partial charge in [0, 0.05) is 0 Å². The van der Waals surface area contributed by atoms with Crippen LogP contribution in [0, 0.1) is 5.92 Å². The number of aromatic nitrogens is 2. The molecule has 7 heteroatoms. The van der Waals surface area contributed by atoms with Gasteiger partial charge in [-0.3, -0.25) is 0 Å². The lowest BCUT2D eigenvalue weighted by molar-refractivity contribution is -0.159. The van der Waals surface area contributed by atoms with Gasteiger partial charge in [0.1, 0.15) is 0 Å². The van der Waals surface area contributed by atoms with Crippen molar-refractivity contribution in [2.45, 2.75) is 50.7 Å². The van der Waals surface area contributed by atoms with Crippen molar-refractivity contribution >= 4 is 0 Å². The van der Waals surface area contributed by atoms with Crippen molar-refractivity contribution in [1.82, 2.24) is 10.1 Å². The van der Waals surface area contributed by atoms with Crippen molar-refractivity contribution in [2.24, 2.45) is 11.7 Å². The molecule has 0 amide bonds. The van der Waals surface area contributed by atoms with Gasteiger partial charge in [0.2, 0.25) is 0 Å². The van der Waals surface area contributed by atoms with Crippen molar-refractivity contribution in [3.8, 4) is 0 Å². The Morgan fingerprint density at radius 1 is 1.50 bits per heavy atom. The van der Waals surface area contributed by atoms with Crippen LogP contribution in [0.15, 0.2) is 4.52 Å². The zero-order chi connectivity index (χ0) is 13.4. The molecule has 1 saturated carbocycles. The van der Waals surface area contributed by atoms with Gasteiger partial charge in [0.25, 0.3) is 0 Å². The van der Waals surface area contributed by atoms with Crippen molar-refractivity contribution in [3.63, 3.8) is 0 Å². The second-order valence-corrected chi connectivity index (χ2v) is 4.95. The highest BCUT2D eigenvalue weighted by atomic mass is 19.4. The quantitative estimate of drug-likeness (QED) is 0.891. The standard InChI is InChI=1S/C11H16F3N3O/c1-2-7-4-3-5-10(15,6-7)8-16-9(18-17-8)11(12,13)14/h7H,2-6,15H2,1H3. The molecule has 1 aliphatic carbocycles. The van der Waals surface area contributed by atoms with Crippen LogP contribution >= 0.6 is 0 Å². The molecule has 0 saturated heterocycles. The summed E-state index contributed by atoms with van der Waals surface area (Å²) in [5.74, 6) is -0.925. The van der Waals surface area contributed by atoms with E-state index in [0.717, 1.165) is 19.3 Å². The molecule has 1 aromatic rings. The number of nitrogens with two attached hydrogens (primary N) is 1. The highest BCUT2D eigenvalue weighted by molar-refractivity contribution is 5.07. The predicted molar refractivity (Wildman–Crippen MR) is 57.4 cm³/mol. The molecule has 1 heterocycles. The second-order valence-electron chi connectivity index (χ2n) is 4.95. The third-order valence-corrected chi connectivity index (χ3v) is 3.58. The Kier molecular flexibility index (Phi) is 3.35. The van der Waals surface area contributed by atoms with E-state index in [-0.39, 0.29) is 5.82 Å². The number of nitrogens with zero attached hydrogens (tertiary/aromatic N) is 2. The maximum atomic E-state index is 12.4. The van der Waals surface area contributed by atoms with Gasteiger partial charge < -0.3 is 10.3 Å². The van der Waals surface area contributed by atoms with E-state index in [1.807, 2.05) is 6.92 Å². The minimum atomic E-state index is -4.61. The maximum absolute atomic E-state index is 12.4. The molecular formula is C11H16F3N3O. The van der Waals surface area contributed by atoms with Crippen molar-refractivity contribution in [2.75, 3.05) is 0 Å². The van der Waals surface area contributed by atoms with Gasteiger partial charge in [-0.1, -0.05) is 31.3 Å². The molecule has 4 nitrogen and oxygen atoms in total. The molecule has 102 valence electrons. The molecule has 1 fully saturated rings. The number of rotatable bonds is 2. The number of alkyl halides is 3. The molecule has 2 unspecified atom stereocenters. The molecule has 2 rings (SSSR count). The van der Waals surface area contributed by atoms with E-state index in [9.17, 15) is 13.2 Å². The first-order valence-electron chi connectivity index (χ1n) is 6.05. The summed E-state index contributed by atoms with van der Waals surface area (Å²) in [5, 5.41) is 3.42. The minimum absolute atomic E-state index is 0.0204. The SMILES string of the molecule is CCC1CCCC(N)(c2noc(C(F)(F)F)n2)C1. The molecule has 2 N–H and O–H groups in total. The first-order chi connectivity index (χ1) is 8.35. The highest BCUT2D eigenvalue weighted by Gasteiger charge is 2.43. The molecule has 0 aliphatic heterocycles. The summed E-state index contributed by atoms with van der Waals surface area (Å²) in [7, 11) is 0. The fourth-order valence-electron chi connectivity index (χ4n) is 2.52. The maximum Gasteiger partial charge on any atom is 0.471 e. The van der Waals surface area contributed by atoms with Crippen LogP contribution in [0.1, 0.15) is 50.7 Å². The lowest BCUT2D eigenvalue weighted by Crippen LogP contribution is -2.42. The Morgan fingerprint density at radius 2 is 2.22 bits per heavy atom. The third kappa shape index (κ3) is 2.50. The molecule has 0 spiro atoms. The molecule has 0 aromatic carbocycles. The largest absolute Gasteiger partial charge is 0.471 e. The summed E-state index contributed by atoms with van der Waals surface area (Å²) < 4.78 is 41.4. The zero-order valence-corrected chi connectivity index (χ0v) is 10.1. The average Bonchev–Trinajstić information content (AvgIpc) is 2.78. The van der Waals surface area contributed by atoms with Gasteiger partial charge in [-0.15, -0.1) is 0 Å². The third-order valence-electron chi connectivity index (χ3n) is 3.58. The molecule has 1 aliphatic rings. The molecule has 0 radical (unpaired) electrons. The Labute approximate surface area is 103 Å². The van der Waals surface area contributed by atoms with Crippen LogP contribution in [-0.2, 0) is 11.7 Å². The van der Waals surface area contributed by atoms with Gasteiger partial charge in [0.15, 0.2) is 5.82 Å². The van der Waals surface area contributed by atoms with E-state index < -0.39 is 17.6 Å². The van der Waals surface area contributed by atoms with Gasteiger partial charge in [-0.2, -0.15) is 18.2 Å². The fourth-order valence-corrected chi connectivity index (χ4v) is 2.52. The average molecular weight is 263 g/mol. The van der Waals surface area contributed by atoms with Crippen LogP contribution in [0.2, 0.25) is 0 Å². The smallest absolute Gasteiger partial charge is 0.329 e. The number of hydrogen-bond donors (Lipinski definition) is 1. The Morgan fingerprint density at radius 3 is 2.78 bits per heavy atom. The summed E-state index contributed by atoms with van der Waals surface area (Å²) in [4.78, 5) is 3.42. The van der Waals surface area contributed by atoms with Crippen molar-refractivity contribution < 1.29 is 17.7 Å². The van der Waals surface area contributed by atoms with Gasteiger partial charge in [-0.25, -0.2) is 0 Å². The van der Waals surface area contributed by atoms with Crippen LogP contribution in [0.25, 0.3) is 0 Å². The predicted octanol–water partition coefficient (Wildman–Crippen LogP) is 2.84. The van der Waals surface area contributed by atoms with Gasteiger partial charge >= 0.3 is 12.1 Å². The monoisotopic (exact) mass is 263 g/mol. The van der Waals surface area contributed by atoms with Gasteiger partial charge in [-0.05, 0) is 18.8 Å². The topological polar surface area (TPSA) is 64.9 Å². The van der Waals surface area contributed by atoms with Crippen LogP contribution in [-0.4, -0.2) is 10.1 Å². The summed E-state index contributed by atoms with van der Waals surface area (Å²) in [6.07, 6.45) is -0.506.